The summed E-state index contributed by atoms with van der Waals surface area (Å²) in [5.41, 5.74) is 2.65. The molecule has 0 fully saturated rings. The molecule has 0 spiro atoms. The summed E-state index contributed by atoms with van der Waals surface area (Å²) in [4.78, 5) is 0. The Bertz CT molecular complexity index is 304. The van der Waals surface area contributed by atoms with E-state index < -0.39 is 0 Å². The average Bonchev–Trinajstić information content (AvgIpc) is 2.11. The zero-order valence-electron chi connectivity index (χ0n) is 7.04. The van der Waals surface area contributed by atoms with Crippen molar-refractivity contribution in [1.82, 2.24) is 5.48 Å². The molecule has 0 radical (unpaired) electrons. The first kappa shape index (κ1) is 10.1. The highest BCUT2D eigenvalue weighted by molar-refractivity contribution is 6.33. The standard InChI is InChI=1S/C8H10ClNO3/c1-13-7-3-5(4-10-12)2-6(11)8(7)9/h2-3,10-12H,4H2,1H3. The van der Waals surface area contributed by atoms with Crippen LogP contribution in [-0.4, -0.2) is 17.4 Å². The first-order valence-corrected chi connectivity index (χ1v) is 3.99. The van der Waals surface area contributed by atoms with Crippen LogP contribution in [0.3, 0.4) is 0 Å². The first-order chi connectivity index (χ1) is 6.19. The second-order valence-electron chi connectivity index (χ2n) is 2.47. The molecule has 0 unspecified atom stereocenters. The molecule has 0 bridgehead atoms. The van der Waals surface area contributed by atoms with Crippen molar-refractivity contribution in [3.8, 4) is 11.5 Å². The van der Waals surface area contributed by atoms with Crippen molar-refractivity contribution >= 4 is 11.6 Å². The van der Waals surface area contributed by atoms with Gasteiger partial charge in [-0.2, -0.15) is 0 Å². The minimum atomic E-state index is -0.0636. The van der Waals surface area contributed by atoms with Gasteiger partial charge in [0.2, 0.25) is 0 Å². The van der Waals surface area contributed by atoms with E-state index in [9.17, 15) is 5.11 Å². The molecule has 0 heterocycles. The average molecular weight is 204 g/mol. The van der Waals surface area contributed by atoms with Crippen LogP contribution in [0.15, 0.2) is 12.1 Å². The fourth-order valence-corrected chi connectivity index (χ4v) is 1.17. The number of rotatable bonds is 3. The zero-order valence-corrected chi connectivity index (χ0v) is 7.80. The number of phenolic OH excluding ortho intramolecular Hbond substituents is 1. The lowest BCUT2D eigenvalue weighted by Crippen LogP contribution is -2.06. The first-order valence-electron chi connectivity index (χ1n) is 3.61. The molecule has 0 aromatic heterocycles. The molecule has 1 aromatic rings. The van der Waals surface area contributed by atoms with E-state index >= 15 is 0 Å². The van der Waals surface area contributed by atoms with E-state index in [4.69, 9.17) is 21.5 Å². The van der Waals surface area contributed by atoms with Gasteiger partial charge in [0.15, 0.2) is 0 Å². The molecular formula is C8H10ClNO3. The summed E-state index contributed by atoms with van der Waals surface area (Å²) < 4.78 is 4.91. The lowest BCUT2D eigenvalue weighted by Gasteiger charge is -2.07. The molecule has 0 aliphatic carbocycles. The van der Waals surface area contributed by atoms with Crippen molar-refractivity contribution in [2.24, 2.45) is 0 Å². The van der Waals surface area contributed by atoms with Crippen LogP contribution >= 0.6 is 11.6 Å². The number of hydrogen-bond acceptors (Lipinski definition) is 4. The molecular weight excluding hydrogens is 194 g/mol. The molecule has 0 aliphatic rings. The topological polar surface area (TPSA) is 61.7 Å². The van der Waals surface area contributed by atoms with E-state index in [2.05, 4.69) is 0 Å². The predicted molar refractivity (Wildman–Crippen MR) is 48.3 cm³/mol. The number of ether oxygens (including phenoxy) is 1. The summed E-state index contributed by atoms with van der Waals surface area (Å²) in [5, 5.41) is 17.9. The smallest absolute Gasteiger partial charge is 0.141 e. The molecule has 1 rings (SSSR count). The predicted octanol–water partition coefficient (Wildman–Crippen LogP) is 1.53. The Balaban J connectivity index is 3.06. The van der Waals surface area contributed by atoms with Gasteiger partial charge in [-0.1, -0.05) is 11.6 Å². The van der Waals surface area contributed by atoms with Crippen LogP contribution in [0.4, 0.5) is 0 Å². The summed E-state index contributed by atoms with van der Waals surface area (Å²) in [7, 11) is 1.46. The lowest BCUT2D eigenvalue weighted by molar-refractivity contribution is 0.161. The molecule has 13 heavy (non-hydrogen) atoms. The van der Waals surface area contributed by atoms with Gasteiger partial charge < -0.3 is 15.1 Å². The Labute approximate surface area is 80.7 Å². The second-order valence-corrected chi connectivity index (χ2v) is 2.84. The van der Waals surface area contributed by atoms with Gasteiger partial charge in [0.25, 0.3) is 0 Å². The van der Waals surface area contributed by atoms with Crippen LogP contribution in [0.2, 0.25) is 5.02 Å². The number of hydrogen-bond donors (Lipinski definition) is 3. The molecule has 3 N–H and O–H groups in total. The van der Waals surface area contributed by atoms with Crippen LogP contribution in [0.1, 0.15) is 5.56 Å². The molecule has 0 saturated heterocycles. The Morgan fingerprint density at radius 1 is 1.54 bits per heavy atom. The summed E-state index contributed by atoms with van der Waals surface area (Å²) in [5.74, 6) is 0.318. The van der Waals surface area contributed by atoms with Crippen molar-refractivity contribution in [3.05, 3.63) is 22.7 Å². The maximum atomic E-state index is 9.32. The number of methoxy groups -OCH3 is 1. The minimum Gasteiger partial charge on any atom is -0.506 e. The molecule has 0 aliphatic heterocycles. The molecule has 0 saturated carbocycles. The van der Waals surface area contributed by atoms with E-state index in [1.165, 1.54) is 13.2 Å². The van der Waals surface area contributed by atoms with Crippen molar-refractivity contribution < 1.29 is 15.1 Å². The van der Waals surface area contributed by atoms with E-state index in [0.29, 0.717) is 11.3 Å². The molecule has 1 aromatic carbocycles. The third-order valence-electron chi connectivity index (χ3n) is 1.58. The number of halogens is 1. The lowest BCUT2D eigenvalue weighted by atomic mass is 10.2. The Morgan fingerprint density at radius 3 is 2.77 bits per heavy atom. The third-order valence-corrected chi connectivity index (χ3v) is 1.96. The summed E-state index contributed by atoms with van der Waals surface area (Å²) in [6.07, 6.45) is 0. The van der Waals surface area contributed by atoms with Crippen molar-refractivity contribution in [3.63, 3.8) is 0 Å². The van der Waals surface area contributed by atoms with Gasteiger partial charge in [-0.3, -0.25) is 0 Å². The highest BCUT2D eigenvalue weighted by Crippen LogP contribution is 2.34. The van der Waals surface area contributed by atoms with Crippen LogP contribution in [0.25, 0.3) is 0 Å². The minimum absolute atomic E-state index is 0.0636. The third kappa shape index (κ3) is 2.24. The number of hydroxylamine groups is 1. The molecule has 0 atom stereocenters. The van der Waals surface area contributed by atoms with Crippen molar-refractivity contribution in [2.45, 2.75) is 6.54 Å². The van der Waals surface area contributed by atoms with E-state index in [-0.39, 0.29) is 17.3 Å². The van der Waals surface area contributed by atoms with Gasteiger partial charge >= 0.3 is 0 Å². The van der Waals surface area contributed by atoms with Crippen LogP contribution in [0.5, 0.6) is 11.5 Å². The van der Waals surface area contributed by atoms with Crippen LogP contribution < -0.4 is 10.2 Å². The highest BCUT2D eigenvalue weighted by atomic mass is 35.5. The fraction of sp³-hybridized carbons (Fsp3) is 0.250. The maximum absolute atomic E-state index is 9.32. The van der Waals surface area contributed by atoms with Crippen LogP contribution in [-0.2, 0) is 6.54 Å². The summed E-state index contributed by atoms with van der Waals surface area (Å²) in [6, 6.07) is 3.08. The van der Waals surface area contributed by atoms with E-state index in [0.717, 1.165) is 0 Å². The molecule has 72 valence electrons. The number of phenols is 1. The summed E-state index contributed by atoms with van der Waals surface area (Å²) >= 11 is 5.71. The van der Waals surface area contributed by atoms with Gasteiger partial charge in [-0.15, -0.1) is 0 Å². The van der Waals surface area contributed by atoms with Crippen LogP contribution in [0, 0.1) is 0 Å². The molecule has 5 heteroatoms. The summed E-state index contributed by atoms with van der Waals surface area (Å²) in [6.45, 7) is 0.223. The van der Waals surface area contributed by atoms with Gasteiger partial charge in [0, 0.05) is 6.54 Å². The number of benzene rings is 1. The van der Waals surface area contributed by atoms with E-state index in [1.54, 1.807) is 6.07 Å². The van der Waals surface area contributed by atoms with Gasteiger partial charge in [0.1, 0.15) is 16.5 Å². The quantitative estimate of drug-likeness (QED) is 0.652. The number of nitrogens with one attached hydrogen (secondary N) is 1. The van der Waals surface area contributed by atoms with Gasteiger partial charge in [0.05, 0.1) is 7.11 Å². The normalized spacial score (nSPS) is 10.1. The fourth-order valence-electron chi connectivity index (χ4n) is 0.980. The number of aromatic hydroxyl groups is 1. The Kier molecular flexibility index (Phi) is 3.36. The van der Waals surface area contributed by atoms with Crippen molar-refractivity contribution in [2.75, 3.05) is 7.11 Å². The molecule has 4 nitrogen and oxygen atoms in total. The van der Waals surface area contributed by atoms with Gasteiger partial charge in [-0.25, -0.2) is 5.48 Å². The Morgan fingerprint density at radius 2 is 2.23 bits per heavy atom. The van der Waals surface area contributed by atoms with Crippen molar-refractivity contribution in [1.29, 1.82) is 0 Å². The van der Waals surface area contributed by atoms with Gasteiger partial charge in [-0.05, 0) is 17.7 Å². The second kappa shape index (κ2) is 4.32. The Hall–Kier alpha value is -0.970. The zero-order chi connectivity index (χ0) is 9.84. The highest BCUT2D eigenvalue weighted by Gasteiger charge is 2.07. The van der Waals surface area contributed by atoms with E-state index in [1.807, 2.05) is 5.48 Å². The molecule has 0 amide bonds. The monoisotopic (exact) mass is 203 g/mol. The maximum Gasteiger partial charge on any atom is 0.141 e. The largest absolute Gasteiger partial charge is 0.506 e. The SMILES string of the molecule is COc1cc(CNO)cc(O)c1Cl.